The van der Waals surface area contributed by atoms with E-state index in [2.05, 4.69) is 33.7 Å². The maximum atomic E-state index is 4.37. The minimum atomic E-state index is 0.777. The molecule has 1 saturated carbocycles. The van der Waals surface area contributed by atoms with Gasteiger partial charge in [0.05, 0.1) is 0 Å². The Morgan fingerprint density at radius 3 is 2.95 bits per heavy atom. The van der Waals surface area contributed by atoms with Crippen LogP contribution in [0.3, 0.4) is 0 Å². The zero-order chi connectivity index (χ0) is 13.4. The summed E-state index contributed by atoms with van der Waals surface area (Å²) in [7, 11) is 0. The van der Waals surface area contributed by atoms with E-state index >= 15 is 0 Å². The van der Waals surface area contributed by atoms with Crippen LogP contribution >= 0.6 is 11.3 Å². The smallest absolute Gasteiger partial charge is 0.147 e. The molecule has 3 nitrogen and oxygen atoms in total. The van der Waals surface area contributed by atoms with Crippen LogP contribution in [0.5, 0.6) is 0 Å². The van der Waals surface area contributed by atoms with E-state index in [0.717, 1.165) is 29.0 Å². The van der Waals surface area contributed by atoms with Crippen LogP contribution in [-0.4, -0.2) is 22.8 Å². The van der Waals surface area contributed by atoms with E-state index in [9.17, 15) is 0 Å². The highest BCUT2D eigenvalue weighted by molar-refractivity contribution is 7.14. The highest BCUT2D eigenvalue weighted by Gasteiger charge is 2.20. The van der Waals surface area contributed by atoms with Crippen LogP contribution in [0.25, 0.3) is 10.6 Å². The van der Waals surface area contributed by atoms with Crippen molar-refractivity contribution in [2.75, 3.05) is 6.54 Å². The first-order valence-corrected chi connectivity index (χ1v) is 8.38. The quantitative estimate of drug-likeness (QED) is 0.917. The van der Waals surface area contributed by atoms with E-state index in [-0.39, 0.29) is 0 Å². The second-order valence-electron chi connectivity index (χ2n) is 5.82. The molecule has 1 aromatic carbocycles. The van der Waals surface area contributed by atoms with Gasteiger partial charge in [0, 0.05) is 24.6 Å². The molecule has 20 heavy (non-hydrogen) atoms. The molecule has 1 heterocycles. The molecule has 1 aromatic heterocycles. The van der Waals surface area contributed by atoms with Gasteiger partial charge in [-0.25, -0.2) is 0 Å². The van der Waals surface area contributed by atoms with Crippen molar-refractivity contribution in [3.63, 3.8) is 0 Å². The lowest BCUT2D eigenvalue weighted by molar-refractivity contribution is 0.677. The third-order valence-electron chi connectivity index (χ3n) is 4.16. The summed E-state index contributed by atoms with van der Waals surface area (Å²) < 4.78 is 0. The number of nitrogens with zero attached hydrogens (tertiary/aromatic N) is 2. The lowest BCUT2D eigenvalue weighted by Gasteiger charge is -2.01. The summed E-state index contributed by atoms with van der Waals surface area (Å²) in [6.07, 6.45) is 7.45. The highest BCUT2D eigenvalue weighted by Crippen LogP contribution is 2.29. The molecule has 0 bridgehead atoms. The van der Waals surface area contributed by atoms with E-state index in [1.54, 1.807) is 11.3 Å². The van der Waals surface area contributed by atoms with E-state index in [0.29, 0.717) is 0 Å². The molecule has 0 spiro atoms. The van der Waals surface area contributed by atoms with Gasteiger partial charge in [-0.15, -0.1) is 10.2 Å². The third-order valence-corrected chi connectivity index (χ3v) is 5.19. The summed E-state index contributed by atoms with van der Waals surface area (Å²) in [4.78, 5) is 0. The monoisotopic (exact) mass is 285 g/mol. The fraction of sp³-hybridized carbons (Fsp3) is 0.500. The van der Waals surface area contributed by atoms with Crippen LogP contribution in [0.2, 0.25) is 0 Å². The Balaban J connectivity index is 1.46. The van der Waals surface area contributed by atoms with Crippen molar-refractivity contribution >= 4 is 11.3 Å². The van der Waals surface area contributed by atoms with Crippen molar-refractivity contribution in [3.05, 3.63) is 34.3 Å². The molecule has 4 heteroatoms. The summed E-state index contributed by atoms with van der Waals surface area (Å²) in [6, 6.07) is 7.57. The van der Waals surface area contributed by atoms with Crippen LogP contribution < -0.4 is 5.32 Å². The molecule has 0 aliphatic heterocycles. The fourth-order valence-electron chi connectivity index (χ4n) is 2.85. The molecule has 0 atom stereocenters. The third kappa shape index (κ3) is 2.63. The number of aromatic nitrogens is 2. The van der Waals surface area contributed by atoms with Gasteiger partial charge in [-0.05, 0) is 49.3 Å². The molecule has 2 aliphatic carbocycles. The van der Waals surface area contributed by atoms with Crippen LogP contribution in [0.1, 0.15) is 35.4 Å². The second kappa shape index (κ2) is 5.26. The Kier molecular flexibility index (Phi) is 3.28. The number of rotatable bonds is 5. The van der Waals surface area contributed by atoms with Gasteiger partial charge in [0.25, 0.3) is 0 Å². The second-order valence-corrected chi connectivity index (χ2v) is 6.88. The summed E-state index contributed by atoms with van der Waals surface area (Å²) in [6.45, 7) is 1.03. The van der Waals surface area contributed by atoms with Gasteiger partial charge in [-0.1, -0.05) is 23.5 Å². The van der Waals surface area contributed by atoms with Crippen LogP contribution in [0.15, 0.2) is 18.2 Å². The molecule has 4 rings (SSSR count). The van der Waals surface area contributed by atoms with Crippen molar-refractivity contribution in [2.45, 2.75) is 44.6 Å². The first-order valence-electron chi connectivity index (χ1n) is 7.56. The number of hydrogen-bond donors (Lipinski definition) is 1. The van der Waals surface area contributed by atoms with Gasteiger partial charge in [0.2, 0.25) is 0 Å². The van der Waals surface area contributed by atoms with Crippen molar-refractivity contribution in [2.24, 2.45) is 0 Å². The molecule has 1 fully saturated rings. The molecule has 104 valence electrons. The highest BCUT2D eigenvalue weighted by atomic mass is 32.1. The number of aryl methyl sites for hydroxylation is 2. The predicted molar refractivity (Wildman–Crippen MR) is 82.1 cm³/mol. The van der Waals surface area contributed by atoms with Gasteiger partial charge >= 0.3 is 0 Å². The summed E-state index contributed by atoms with van der Waals surface area (Å²) in [5, 5.41) is 14.4. The molecular formula is C16H19N3S. The van der Waals surface area contributed by atoms with Crippen molar-refractivity contribution in [3.8, 4) is 10.6 Å². The van der Waals surface area contributed by atoms with Gasteiger partial charge < -0.3 is 5.32 Å². The Morgan fingerprint density at radius 2 is 2.05 bits per heavy atom. The topological polar surface area (TPSA) is 37.8 Å². The fourth-order valence-corrected chi connectivity index (χ4v) is 3.68. The zero-order valence-electron chi connectivity index (χ0n) is 11.6. The van der Waals surface area contributed by atoms with Gasteiger partial charge in [0.15, 0.2) is 0 Å². The van der Waals surface area contributed by atoms with Gasteiger partial charge in [-0.2, -0.15) is 0 Å². The molecule has 2 aliphatic rings. The van der Waals surface area contributed by atoms with E-state index in [1.807, 2.05) is 0 Å². The number of hydrogen-bond acceptors (Lipinski definition) is 4. The molecule has 1 N–H and O–H groups in total. The molecule has 0 radical (unpaired) electrons. The average Bonchev–Trinajstić information content (AvgIpc) is 2.99. The first kappa shape index (κ1) is 12.5. The predicted octanol–water partition coefficient (Wildman–Crippen LogP) is 2.99. The molecule has 0 amide bonds. The maximum Gasteiger partial charge on any atom is 0.147 e. The van der Waals surface area contributed by atoms with Crippen molar-refractivity contribution in [1.29, 1.82) is 0 Å². The largest absolute Gasteiger partial charge is 0.314 e. The minimum Gasteiger partial charge on any atom is -0.314 e. The van der Waals surface area contributed by atoms with Crippen LogP contribution in [0, 0.1) is 0 Å². The Bertz CT molecular complexity index is 616. The number of nitrogens with one attached hydrogen (secondary N) is 1. The van der Waals surface area contributed by atoms with E-state index in [4.69, 9.17) is 0 Å². The zero-order valence-corrected chi connectivity index (χ0v) is 12.4. The number of benzene rings is 1. The summed E-state index contributed by atoms with van der Waals surface area (Å²) in [5.74, 6) is 0. The van der Waals surface area contributed by atoms with Gasteiger partial charge in [-0.3, -0.25) is 0 Å². The van der Waals surface area contributed by atoms with E-state index in [1.165, 1.54) is 48.8 Å². The molecule has 0 unspecified atom stereocenters. The Morgan fingerprint density at radius 1 is 1.15 bits per heavy atom. The average molecular weight is 285 g/mol. The van der Waals surface area contributed by atoms with Crippen LogP contribution in [0.4, 0.5) is 0 Å². The lowest BCUT2D eigenvalue weighted by Crippen LogP contribution is -2.19. The SMILES string of the molecule is c1cc2c(cc1-c1nnc(CCNC3CC3)s1)CCC2. The standard InChI is InChI=1S/C16H19N3S/c1-2-11-4-5-13(10-12(11)3-1)16-19-18-15(20-16)8-9-17-14-6-7-14/h4-5,10,14,17H,1-3,6-9H2. The normalized spacial score (nSPS) is 17.4. The number of fused-ring (bicyclic) bond motifs is 1. The maximum absolute atomic E-state index is 4.37. The van der Waals surface area contributed by atoms with Crippen molar-refractivity contribution < 1.29 is 0 Å². The first-order chi connectivity index (χ1) is 9.88. The summed E-state index contributed by atoms with van der Waals surface area (Å²) in [5.41, 5.74) is 4.27. The molecule has 2 aromatic rings. The van der Waals surface area contributed by atoms with Crippen molar-refractivity contribution in [1.82, 2.24) is 15.5 Å². The summed E-state index contributed by atoms with van der Waals surface area (Å²) >= 11 is 1.74. The lowest BCUT2D eigenvalue weighted by atomic mass is 10.1. The molecular weight excluding hydrogens is 266 g/mol. The van der Waals surface area contributed by atoms with Crippen LogP contribution in [-0.2, 0) is 19.3 Å². The van der Waals surface area contributed by atoms with E-state index < -0.39 is 0 Å². The Labute approximate surface area is 123 Å². The molecule has 0 saturated heterocycles. The minimum absolute atomic E-state index is 0.777. The Hall–Kier alpha value is -1.26. The van der Waals surface area contributed by atoms with Gasteiger partial charge in [0.1, 0.15) is 10.0 Å².